The first-order valence-corrected chi connectivity index (χ1v) is 8.32. The van der Waals surface area contributed by atoms with Crippen LogP contribution in [0.1, 0.15) is 31.2 Å². The molecule has 1 heterocycles. The molecule has 3 rings (SSSR count). The normalized spacial score (nSPS) is 15.9. The van der Waals surface area contributed by atoms with E-state index in [0.717, 1.165) is 28.5 Å². The molecule has 1 aromatic carbocycles. The zero-order chi connectivity index (χ0) is 19.7. The van der Waals surface area contributed by atoms with Gasteiger partial charge in [-0.05, 0) is 30.9 Å². The van der Waals surface area contributed by atoms with E-state index in [1.807, 2.05) is 5.92 Å². The quantitative estimate of drug-likeness (QED) is 0.608. The molecule has 140 valence electrons. The number of carbonyl (C=O) groups is 2. The van der Waals surface area contributed by atoms with Gasteiger partial charge in [0.15, 0.2) is 5.82 Å². The second-order valence-corrected chi connectivity index (χ2v) is 6.35. The molecule has 1 aromatic heterocycles. The molecule has 1 aliphatic rings. The van der Waals surface area contributed by atoms with Gasteiger partial charge >= 0.3 is 12.1 Å². The summed E-state index contributed by atoms with van der Waals surface area (Å²) in [6, 6.07) is 6.35. The van der Waals surface area contributed by atoms with Crippen molar-refractivity contribution in [3.63, 3.8) is 0 Å². The lowest BCUT2D eigenvalue weighted by atomic mass is 9.97. The highest BCUT2D eigenvalue weighted by Gasteiger charge is 2.44. The largest absolute Gasteiger partial charge is 0.418 e. The maximum atomic E-state index is 13.3. The van der Waals surface area contributed by atoms with Gasteiger partial charge in [0.2, 0.25) is 0 Å². The SMILES string of the molecule is C#CC(=O)N(c1ccn(-c2ccccc2C(F)(F)F)n1)C1(C=O)CCCC1. The Hall–Kier alpha value is -3.08. The number of amides is 1. The highest BCUT2D eigenvalue weighted by atomic mass is 19.4. The van der Waals surface area contributed by atoms with E-state index in [1.165, 1.54) is 30.5 Å². The van der Waals surface area contributed by atoms with Crippen molar-refractivity contribution in [3.05, 3.63) is 42.1 Å². The van der Waals surface area contributed by atoms with Crippen molar-refractivity contribution in [2.24, 2.45) is 0 Å². The number of halogens is 3. The van der Waals surface area contributed by atoms with Crippen LogP contribution in [0.4, 0.5) is 19.0 Å². The van der Waals surface area contributed by atoms with Crippen LogP contribution in [0.2, 0.25) is 0 Å². The van der Waals surface area contributed by atoms with Crippen LogP contribution < -0.4 is 4.90 Å². The van der Waals surface area contributed by atoms with Crippen LogP contribution >= 0.6 is 0 Å². The molecule has 0 spiro atoms. The third-order valence-electron chi connectivity index (χ3n) is 4.72. The van der Waals surface area contributed by atoms with Crippen molar-refractivity contribution in [1.82, 2.24) is 9.78 Å². The number of aromatic nitrogens is 2. The standard InChI is InChI=1S/C19H16F3N3O2/c1-2-17(27)25(18(13-26)10-5-6-11-18)16-9-12-24(23-16)15-8-4-3-7-14(15)19(20,21)22/h1,3-4,7-9,12-13H,5-6,10-11H2. The fraction of sp³-hybridized carbons (Fsp3) is 0.316. The number of terminal acetylenes is 1. The minimum absolute atomic E-state index is 0.0453. The lowest BCUT2D eigenvalue weighted by molar-refractivity contribution is -0.137. The molecule has 0 atom stereocenters. The van der Waals surface area contributed by atoms with E-state index < -0.39 is 23.2 Å². The lowest BCUT2D eigenvalue weighted by Crippen LogP contribution is -2.51. The van der Waals surface area contributed by atoms with E-state index in [1.54, 1.807) is 0 Å². The summed E-state index contributed by atoms with van der Waals surface area (Å²) in [5, 5.41) is 4.13. The predicted octanol–water partition coefficient (Wildman–Crippen LogP) is 3.37. The van der Waals surface area contributed by atoms with Crippen molar-refractivity contribution >= 4 is 18.0 Å². The Balaban J connectivity index is 2.08. The van der Waals surface area contributed by atoms with Crippen LogP contribution in [0.5, 0.6) is 0 Å². The Kier molecular flexibility index (Phi) is 4.79. The minimum Gasteiger partial charge on any atom is -0.301 e. The van der Waals surface area contributed by atoms with Gasteiger partial charge < -0.3 is 4.79 Å². The molecule has 1 saturated carbocycles. The first kappa shape index (κ1) is 18.7. The molecule has 0 aliphatic heterocycles. The number of alkyl halides is 3. The Morgan fingerprint density at radius 2 is 1.93 bits per heavy atom. The summed E-state index contributed by atoms with van der Waals surface area (Å²) < 4.78 is 40.8. The zero-order valence-corrected chi connectivity index (χ0v) is 14.2. The number of aldehydes is 1. The molecule has 5 nitrogen and oxygen atoms in total. The van der Waals surface area contributed by atoms with Crippen LogP contribution in [0.25, 0.3) is 5.69 Å². The Bertz CT molecular complexity index is 905. The number of benzene rings is 1. The molecule has 8 heteroatoms. The van der Waals surface area contributed by atoms with Crippen molar-refractivity contribution in [2.45, 2.75) is 37.4 Å². The third-order valence-corrected chi connectivity index (χ3v) is 4.72. The molecule has 1 aliphatic carbocycles. The van der Waals surface area contributed by atoms with Gasteiger partial charge in [0.25, 0.3) is 0 Å². The number of para-hydroxylation sites is 1. The number of hydrogen-bond acceptors (Lipinski definition) is 3. The van der Waals surface area contributed by atoms with Crippen molar-refractivity contribution in [3.8, 4) is 18.0 Å². The van der Waals surface area contributed by atoms with Crippen molar-refractivity contribution in [1.29, 1.82) is 0 Å². The van der Waals surface area contributed by atoms with Crippen molar-refractivity contribution in [2.75, 3.05) is 4.90 Å². The van der Waals surface area contributed by atoms with Gasteiger partial charge in [-0.15, -0.1) is 11.5 Å². The van der Waals surface area contributed by atoms with Crippen LogP contribution in [-0.4, -0.2) is 27.5 Å². The summed E-state index contributed by atoms with van der Waals surface area (Å²) in [5.74, 6) is 1.28. The van der Waals surface area contributed by atoms with Crippen LogP contribution in [-0.2, 0) is 15.8 Å². The molecule has 1 fully saturated rings. The number of anilines is 1. The Morgan fingerprint density at radius 1 is 1.26 bits per heavy atom. The highest BCUT2D eigenvalue weighted by molar-refractivity contribution is 6.08. The van der Waals surface area contributed by atoms with Gasteiger partial charge in [0, 0.05) is 12.3 Å². The maximum absolute atomic E-state index is 13.3. The second kappa shape index (κ2) is 6.91. The van der Waals surface area contributed by atoms with Crippen molar-refractivity contribution < 1.29 is 22.8 Å². The van der Waals surface area contributed by atoms with E-state index in [2.05, 4.69) is 5.10 Å². The molecule has 0 bridgehead atoms. The van der Waals surface area contributed by atoms with Gasteiger partial charge in [0.05, 0.1) is 11.3 Å². The molecule has 27 heavy (non-hydrogen) atoms. The molecular weight excluding hydrogens is 359 g/mol. The smallest absolute Gasteiger partial charge is 0.301 e. The van der Waals surface area contributed by atoms with Gasteiger partial charge in [0.1, 0.15) is 11.8 Å². The maximum Gasteiger partial charge on any atom is 0.418 e. The number of rotatable bonds is 4. The third kappa shape index (κ3) is 3.33. The molecule has 0 N–H and O–H groups in total. The van der Waals surface area contributed by atoms with E-state index in [9.17, 15) is 22.8 Å². The average Bonchev–Trinajstić information content (AvgIpc) is 3.32. The second-order valence-electron chi connectivity index (χ2n) is 6.35. The summed E-state index contributed by atoms with van der Waals surface area (Å²) in [4.78, 5) is 25.2. The van der Waals surface area contributed by atoms with Gasteiger partial charge in [-0.1, -0.05) is 25.0 Å². The summed E-state index contributed by atoms with van der Waals surface area (Å²) in [5.41, 5.74) is -2.16. The van der Waals surface area contributed by atoms with Gasteiger partial charge in [-0.25, -0.2) is 4.68 Å². The first-order valence-electron chi connectivity index (χ1n) is 8.32. The fourth-order valence-corrected chi connectivity index (χ4v) is 3.46. The molecule has 0 unspecified atom stereocenters. The van der Waals surface area contributed by atoms with Gasteiger partial charge in [-0.3, -0.25) is 9.69 Å². The number of nitrogens with zero attached hydrogens (tertiary/aromatic N) is 3. The summed E-state index contributed by atoms with van der Waals surface area (Å²) in [6.07, 6.45) is 5.01. The predicted molar refractivity (Wildman–Crippen MR) is 92.1 cm³/mol. The monoisotopic (exact) mass is 375 g/mol. The van der Waals surface area contributed by atoms with Crippen LogP contribution in [0.3, 0.4) is 0 Å². The fourth-order valence-electron chi connectivity index (χ4n) is 3.46. The van der Waals surface area contributed by atoms with E-state index >= 15 is 0 Å². The Labute approximate surface area is 153 Å². The molecule has 0 saturated heterocycles. The van der Waals surface area contributed by atoms with E-state index in [4.69, 9.17) is 6.42 Å². The summed E-state index contributed by atoms with van der Waals surface area (Å²) >= 11 is 0. The average molecular weight is 375 g/mol. The molecular formula is C19H16F3N3O2. The number of hydrogen-bond donors (Lipinski definition) is 0. The summed E-state index contributed by atoms with van der Waals surface area (Å²) in [6.45, 7) is 0. The molecule has 1 amide bonds. The highest BCUT2D eigenvalue weighted by Crippen LogP contribution is 2.37. The topological polar surface area (TPSA) is 55.2 Å². The molecule has 0 radical (unpaired) electrons. The van der Waals surface area contributed by atoms with Gasteiger partial charge in [-0.2, -0.15) is 13.2 Å². The van der Waals surface area contributed by atoms with Crippen LogP contribution in [0, 0.1) is 12.3 Å². The van der Waals surface area contributed by atoms with Crippen LogP contribution in [0.15, 0.2) is 36.5 Å². The lowest BCUT2D eigenvalue weighted by Gasteiger charge is -2.33. The Morgan fingerprint density at radius 3 is 2.52 bits per heavy atom. The van der Waals surface area contributed by atoms with E-state index in [0.29, 0.717) is 19.1 Å². The minimum atomic E-state index is -4.56. The number of carbonyl (C=O) groups excluding carboxylic acids is 2. The van der Waals surface area contributed by atoms with E-state index in [-0.39, 0.29) is 11.5 Å². The molecule has 2 aromatic rings. The zero-order valence-electron chi connectivity index (χ0n) is 14.2. The first-order chi connectivity index (χ1) is 12.8. The summed E-state index contributed by atoms with van der Waals surface area (Å²) in [7, 11) is 0.